The number of ketones is 1. The number of ether oxygens (including phenoxy) is 1. The van der Waals surface area contributed by atoms with Crippen LogP contribution in [0, 0.1) is 4.91 Å². The number of likely N-dealkylation sites (N-methyl/N-ethyl adjacent to an activating group) is 1. The van der Waals surface area contributed by atoms with Gasteiger partial charge in [0, 0.05) is 7.05 Å². The molecule has 0 saturated heterocycles. The fraction of sp³-hybridized carbons (Fsp3) is 0.667. The highest BCUT2D eigenvalue weighted by atomic mass is 16.5. The quantitative estimate of drug-likeness (QED) is 0.356. The van der Waals surface area contributed by atoms with Crippen molar-refractivity contribution >= 4 is 17.7 Å². The molecule has 0 rings (SSSR count). The first-order valence-electron chi connectivity index (χ1n) is 4.67. The Labute approximate surface area is 92.7 Å². The molecule has 0 spiro atoms. The fourth-order valence-corrected chi connectivity index (χ4v) is 0.980. The lowest BCUT2D eigenvalue weighted by atomic mass is 10.2. The molecule has 0 aromatic carbocycles. The molecule has 0 aliphatic heterocycles. The van der Waals surface area contributed by atoms with Crippen molar-refractivity contribution in [1.29, 1.82) is 0 Å². The van der Waals surface area contributed by atoms with E-state index < -0.39 is 23.7 Å². The maximum absolute atomic E-state index is 11.5. The van der Waals surface area contributed by atoms with E-state index in [2.05, 4.69) is 9.91 Å². The number of amides is 1. The normalized spacial score (nSPS) is 11.4. The number of rotatable bonds is 6. The molecule has 0 heterocycles. The van der Waals surface area contributed by atoms with E-state index in [4.69, 9.17) is 0 Å². The Morgan fingerprint density at radius 2 is 1.94 bits per heavy atom. The van der Waals surface area contributed by atoms with E-state index in [1.165, 1.54) is 7.05 Å². The van der Waals surface area contributed by atoms with Crippen LogP contribution in [0.2, 0.25) is 0 Å². The van der Waals surface area contributed by atoms with Gasteiger partial charge in [0.15, 0.2) is 5.78 Å². The van der Waals surface area contributed by atoms with Crippen molar-refractivity contribution in [2.75, 3.05) is 20.2 Å². The molecule has 0 N–H and O–H groups in total. The molecule has 1 atom stereocenters. The molecule has 90 valence electrons. The van der Waals surface area contributed by atoms with Gasteiger partial charge < -0.3 is 9.64 Å². The summed E-state index contributed by atoms with van der Waals surface area (Å²) in [5.74, 6) is -2.07. The van der Waals surface area contributed by atoms with Gasteiger partial charge in [-0.25, -0.2) is 0 Å². The SMILES string of the molecule is CCOC(=O)CN(C)C(=O)C(N=O)C(C)=O. The zero-order chi connectivity index (χ0) is 12.7. The molecule has 0 aliphatic carbocycles. The zero-order valence-electron chi connectivity index (χ0n) is 9.43. The number of hydrogen-bond acceptors (Lipinski definition) is 6. The molecular formula is C9H14N2O5. The minimum atomic E-state index is -1.58. The third kappa shape index (κ3) is 4.16. The molecule has 0 aliphatic rings. The number of nitrogens with zero attached hydrogens (tertiary/aromatic N) is 2. The zero-order valence-corrected chi connectivity index (χ0v) is 9.43. The van der Waals surface area contributed by atoms with Crippen molar-refractivity contribution in [2.24, 2.45) is 5.18 Å². The van der Waals surface area contributed by atoms with Gasteiger partial charge in [0.1, 0.15) is 6.54 Å². The van der Waals surface area contributed by atoms with Crippen LogP contribution in [0.5, 0.6) is 0 Å². The predicted molar refractivity (Wildman–Crippen MR) is 54.5 cm³/mol. The van der Waals surface area contributed by atoms with Gasteiger partial charge in [0.25, 0.3) is 5.91 Å². The van der Waals surface area contributed by atoms with Crippen LogP contribution >= 0.6 is 0 Å². The summed E-state index contributed by atoms with van der Waals surface area (Å²) in [5.41, 5.74) is 0. The van der Waals surface area contributed by atoms with Crippen LogP contribution in [-0.2, 0) is 19.1 Å². The van der Waals surface area contributed by atoms with E-state index in [9.17, 15) is 19.3 Å². The van der Waals surface area contributed by atoms with Gasteiger partial charge in [0.05, 0.1) is 6.61 Å². The monoisotopic (exact) mass is 230 g/mol. The molecule has 1 unspecified atom stereocenters. The first-order chi connectivity index (χ1) is 7.43. The van der Waals surface area contributed by atoms with E-state index >= 15 is 0 Å². The van der Waals surface area contributed by atoms with Gasteiger partial charge in [0.2, 0.25) is 6.04 Å². The van der Waals surface area contributed by atoms with Crippen LogP contribution < -0.4 is 0 Å². The minimum Gasteiger partial charge on any atom is -0.465 e. The van der Waals surface area contributed by atoms with Crippen LogP contribution in [0.25, 0.3) is 0 Å². The number of hydrogen-bond donors (Lipinski definition) is 0. The fourth-order valence-electron chi connectivity index (χ4n) is 0.980. The summed E-state index contributed by atoms with van der Waals surface area (Å²) in [7, 11) is 1.29. The molecule has 0 saturated carbocycles. The second kappa shape index (κ2) is 6.65. The maximum atomic E-state index is 11.5. The number of carbonyl (C=O) groups is 3. The van der Waals surface area contributed by atoms with Crippen molar-refractivity contribution in [1.82, 2.24) is 4.90 Å². The van der Waals surface area contributed by atoms with E-state index in [1.807, 2.05) is 0 Å². The first kappa shape index (κ1) is 14.2. The second-order valence-electron chi connectivity index (χ2n) is 3.12. The lowest BCUT2D eigenvalue weighted by Crippen LogP contribution is -2.41. The third-order valence-electron chi connectivity index (χ3n) is 1.77. The van der Waals surface area contributed by atoms with Gasteiger partial charge in [-0.1, -0.05) is 0 Å². The van der Waals surface area contributed by atoms with Crippen LogP contribution in [0.3, 0.4) is 0 Å². The average molecular weight is 230 g/mol. The Kier molecular flexibility index (Phi) is 5.91. The Morgan fingerprint density at radius 3 is 2.31 bits per heavy atom. The molecule has 7 nitrogen and oxygen atoms in total. The summed E-state index contributed by atoms with van der Waals surface area (Å²) in [6, 6.07) is -1.58. The smallest absolute Gasteiger partial charge is 0.325 e. The van der Waals surface area contributed by atoms with Crippen molar-refractivity contribution in [3.63, 3.8) is 0 Å². The van der Waals surface area contributed by atoms with E-state index in [0.717, 1.165) is 11.8 Å². The summed E-state index contributed by atoms with van der Waals surface area (Å²) < 4.78 is 4.61. The average Bonchev–Trinajstić information content (AvgIpc) is 2.18. The number of esters is 1. The Hall–Kier alpha value is -1.79. The van der Waals surface area contributed by atoms with Crippen LogP contribution in [0.4, 0.5) is 0 Å². The largest absolute Gasteiger partial charge is 0.465 e. The highest BCUT2D eigenvalue weighted by Crippen LogP contribution is 1.99. The topological polar surface area (TPSA) is 93.1 Å². The van der Waals surface area contributed by atoms with E-state index in [-0.39, 0.29) is 13.2 Å². The highest BCUT2D eigenvalue weighted by Gasteiger charge is 2.28. The molecule has 0 fully saturated rings. The summed E-state index contributed by atoms with van der Waals surface area (Å²) in [5, 5.41) is 2.42. The molecule has 16 heavy (non-hydrogen) atoms. The summed E-state index contributed by atoms with van der Waals surface area (Å²) >= 11 is 0. The lowest BCUT2D eigenvalue weighted by molar-refractivity contribution is -0.149. The van der Waals surface area contributed by atoms with Crippen molar-refractivity contribution < 1.29 is 19.1 Å². The van der Waals surface area contributed by atoms with Crippen LogP contribution in [0.1, 0.15) is 13.8 Å². The van der Waals surface area contributed by atoms with Crippen molar-refractivity contribution in [2.45, 2.75) is 19.9 Å². The van der Waals surface area contributed by atoms with Crippen LogP contribution in [-0.4, -0.2) is 48.8 Å². The number of carbonyl (C=O) groups excluding carboxylic acids is 3. The standard InChI is InChI=1S/C9H14N2O5/c1-4-16-7(13)5-11(3)9(14)8(10-15)6(2)12/h8H,4-5H2,1-3H3. The molecule has 0 radical (unpaired) electrons. The molecule has 0 aromatic heterocycles. The van der Waals surface area contributed by atoms with Gasteiger partial charge in [-0.15, -0.1) is 4.91 Å². The van der Waals surface area contributed by atoms with Gasteiger partial charge in [-0.2, -0.15) is 0 Å². The molecular weight excluding hydrogens is 216 g/mol. The first-order valence-corrected chi connectivity index (χ1v) is 4.67. The Morgan fingerprint density at radius 1 is 1.38 bits per heavy atom. The van der Waals surface area contributed by atoms with Gasteiger partial charge >= 0.3 is 5.97 Å². The summed E-state index contributed by atoms with van der Waals surface area (Å²) in [4.78, 5) is 44.6. The molecule has 0 aromatic rings. The highest BCUT2D eigenvalue weighted by molar-refractivity contribution is 6.05. The predicted octanol–water partition coefficient (Wildman–Crippen LogP) is -0.268. The lowest BCUT2D eigenvalue weighted by Gasteiger charge is -2.17. The van der Waals surface area contributed by atoms with Crippen LogP contribution in [0.15, 0.2) is 5.18 Å². The third-order valence-corrected chi connectivity index (χ3v) is 1.77. The van der Waals surface area contributed by atoms with E-state index in [0.29, 0.717) is 0 Å². The molecule has 0 bridgehead atoms. The number of nitroso groups, excluding NO2 is 1. The second-order valence-corrected chi connectivity index (χ2v) is 3.12. The molecule has 7 heteroatoms. The Bertz CT molecular complexity index is 302. The number of Topliss-reactive ketones (excluding diaryl/α,β-unsaturated/α-hetero) is 1. The van der Waals surface area contributed by atoms with E-state index in [1.54, 1.807) is 6.92 Å². The summed E-state index contributed by atoms with van der Waals surface area (Å²) in [6.07, 6.45) is 0. The van der Waals surface area contributed by atoms with Crippen molar-refractivity contribution in [3.05, 3.63) is 4.91 Å². The maximum Gasteiger partial charge on any atom is 0.325 e. The Balaban J connectivity index is 4.42. The van der Waals surface area contributed by atoms with Gasteiger partial charge in [-0.05, 0) is 19.0 Å². The minimum absolute atomic E-state index is 0.197. The molecule has 1 amide bonds. The van der Waals surface area contributed by atoms with Crippen molar-refractivity contribution in [3.8, 4) is 0 Å². The van der Waals surface area contributed by atoms with Gasteiger partial charge in [-0.3, -0.25) is 14.4 Å². The summed E-state index contributed by atoms with van der Waals surface area (Å²) in [6.45, 7) is 2.60.